The number of anilines is 1. The van der Waals surface area contributed by atoms with Crippen LogP contribution in [0.1, 0.15) is 31.4 Å². The fourth-order valence-electron chi connectivity index (χ4n) is 4.07. The molecule has 0 unspecified atom stereocenters. The van der Waals surface area contributed by atoms with E-state index in [9.17, 15) is 22.4 Å². The molecule has 0 saturated carbocycles. The van der Waals surface area contributed by atoms with Gasteiger partial charge in [0.1, 0.15) is 18.4 Å². The summed E-state index contributed by atoms with van der Waals surface area (Å²) in [5.41, 5.74) is 1.31. The minimum absolute atomic E-state index is 0.0102. The van der Waals surface area contributed by atoms with Gasteiger partial charge in [-0.25, -0.2) is 12.8 Å². The van der Waals surface area contributed by atoms with E-state index in [1.807, 2.05) is 44.2 Å². The van der Waals surface area contributed by atoms with E-state index in [0.717, 1.165) is 22.2 Å². The molecule has 0 aliphatic rings. The largest absolute Gasteiger partial charge is 0.352 e. The molecule has 40 heavy (non-hydrogen) atoms. The Balaban J connectivity index is 2.09. The molecule has 2 amide bonds. The van der Waals surface area contributed by atoms with Crippen LogP contribution >= 0.6 is 23.2 Å². The van der Waals surface area contributed by atoms with Gasteiger partial charge in [-0.2, -0.15) is 0 Å². The molecule has 0 heterocycles. The number of amides is 2. The highest BCUT2D eigenvalue weighted by molar-refractivity contribution is 7.92. The molecule has 0 bridgehead atoms. The Kier molecular flexibility index (Phi) is 11.0. The van der Waals surface area contributed by atoms with E-state index in [4.69, 9.17) is 23.2 Å². The van der Waals surface area contributed by atoms with E-state index in [2.05, 4.69) is 5.32 Å². The summed E-state index contributed by atoms with van der Waals surface area (Å²) >= 11 is 12.5. The SMILES string of the molecule is CC[C@@H](C)NC(=O)[C@@H](Cc1ccccc1)N(Cc1ccc(Cl)cc1Cl)C(=O)CN(c1cccc(F)c1)S(C)(=O)=O. The number of benzene rings is 3. The van der Waals surface area contributed by atoms with Crippen molar-refractivity contribution in [1.82, 2.24) is 10.2 Å². The zero-order chi connectivity index (χ0) is 29.4. The fraction of sp³-hybridized carbons (Fsp3) is 0.310. The van der Waals surface area contributed by atoms with Crippen LogP contribution in [0.3, 0.4) is 0 Å². The van der Waals surface area contributed by atoms with E-state index >= 15 is 0 Å². The summed E-state index contributed by atoms with van der Waals surface area (Å²) in [6, 6.07) is 17.8. The van der Waals surface area contributed by atoms with Crippen LogP contribution in [-0.4, -0.2) is 50.0 Å². The van der Waals surface area contributed by atoms with E-state index in [1.54, 1.807) is 12.1 Å². The molecule has 0 radical (unpaired) electrons. The summed E-state index contributed by atoms with van der Waals surface area (Å²) in [6.45, 7) is 3.03. The smallest absolute Gasteiger partial charge is 0.244 e. The Morgan fingerprint density at radius 2 is 1.70 bits per heavy atom. The van der Waals surface area contributed by atoms with E-state index in [1.165, 1.54) is 29.2 Å². The second kappa shape index (κ2) is 14.0. The van der Waals surface area contributed by atoms with Crippen LogP contribution in [0, 0.1) is 5.82 Å². The van der Waals surface area contributed by atoms with Gasteiger partial charge in [-0.05, 0) is 54.8 Å². The first-order chi connectivity index (χ1) is 18.9. The lowest BCUT2D eigenvalue weighted by molar-refractivity contribution is -0.140. The predicted molar refractivity (Wildman–Crippen MR) is 157 cm³/mol. The molecule has 0 aliphatic carbocycles. The first-order valence-corrected chi connectivity index (χ1v) is 15.3. The summed E-state index contributed by atoms with van der Waals surface area (Å²) in [7, 11) is -4.00. The quantitative estimate of drug-likeness (QED) is 0.296. The van der Waals surface area contributed by atoms with E-state index in [0.29, 0.717) is 17.0 Å². The lowest BCUT2D eigenvalue weighted by Gasteiger charge is -2.34. The van der Waals surface area contributed by atoms with Gasteiger partial charge < -0.3 is 10.2 Å². The number of halogens is 3. The van der Waals surface area contributed by atoms with Crippen molar-refractivity contribution >= 4 is 50.7 Å². The van der Waals surface area contributed by atoms with Crippen molar-refractivity contribution in [3.8, 4) is 0 Å². The molecule has 1 N–H and O–H groups in total. The van der Waals surface area contributed by atoms with E-state index < -0.39 is 40.2 Å². The number of nitrogens with one attached hydrogen (secondary N) is 1. The highest BCUT2D eigenvalue weighted by atomic mass is 35.5. The van der Waals surface area contributed by atoms with Gasteiger partial charge in [0.2, 0.25) is 21.8 Å². The zero-order valence-electron chi connectivity index (χ0n) is 22.5. The van der Waals surface area contributed by atoms with Crippen LogP contribution < -0.4 is 9.62 Å². The van der Waals surface area contributed by atoms with Crippen molar-refractivity contribution in [3.05, 3.63) is 99.8 Å². The summed E-state index contributed by atoms with van der Waals surface area (Å²) in [5.74, 6) is -1.72. The van der Waals surface area contributed by atoms with Crippen molar-refractivity contribution in [2.24, 2.45) is 0 Å². The summed E-state index contributed by atoms with van der Waals surface area (Å²) in [6.07, 6.45) is 1.77. The zero-order valence-corrected chi connectivity index (χ0v) is 24.8. The lowest BCUT2D eigenvalue weighted by atomic mass is 10.0. The van der Waals surface area contributed by atoms with Crippen LogP contribution in [-0.2, 0) is 32.6 Å². The Morgan fingerprint density at radius 3 is 2.30 bits per heavy atom. The average Bonchev–Trinajstić information content (AvgIpc) is 2.90. The number of carbonyl (C=O) groups excluding carboxylic acids is 2. The molecule has 0 saturated heterocycles. The summed E-state index contributed by atoms with van der Waals surface area (Å²) < 4.78 is 40.3. The third-order valence-electron chi connectivity index (χ3n) is 6.40. The highest BCUT2D eigenvalue weighted by Gasteiger charge is 2.33. The standard InChI is InChI=1S/C29H32Cl2FN3O4S/c1-4-20(2)33-29(37)27(15-21-9-6-5-7-10-21)34(18-22-13-14-23(30)16-26(22)31)28(36)19-35(40(3,38)39)25-12-8-11-24(32)17-25/h5-14,16-17,20,27H,4,15,18-19H2,1-3H3,(H,33,37)/t20-,27-/m1/s1. The van der Waals surface area contributed by atoms with Crippen LogP contribution in [0.2, 0.25) is 10.0 Å². The Hall–Kier alpha value is -3.14. The molecule has 3 aromatic rings. The van der Waals surface area contributed by atoms with Gasteiger partial charge >= 0.3 is 0 Å². The molecular weight excluding hydrogens is 576 g/mol. The number of hydrogen-bond acceptors (Lipinski definition) is 4. The lowest BCUT2D eigenvalue weighted by Crippen LogP contribution is -2.54. The van der Waals surface area contributed by atoms with Crippen LogP contribution in [0.4, 0.5) is 10.1 Å². The molecule has 0 spiro atoms. The van der Waals surface area contributed by atoms with Gasteiger partial charge in [-0.1, -0.05) is 72.6 Å². The monoisotopic (exact) mass is 607 g/mol. The second-order valence-electron chi connectivity index (χ2n) is 9.53. The first-order valence-electron chi connectivity index (χ1n) is 12.7. The van der Waals surface area contributed by atoms with Crippen molar-refractivity contribution in [2.75, 3.05) is 17.1 Å². The molecule has 11 heteroatoms. The van der Waals surface area contributed by atoms with Gasteiger partial charge in [0, 0.05) is 29.1 Å². The molecule has 2 atom stereocenters. The van der Waals surface area contributed by atoms with Crippen molar-refractivity contribution in [2.45, 2.75) is 45.3 Å². The van der Waals surface area contributed by atoms with Crippen LogP contribution in [0.25, 0.3) is 0 Å². The fourth-order valence-corrected chi connectivity index (χ4v) is 5.38. The topological polar surface area (TPSA) is 86.8 Å². The van der Waals surface area contributed by atoms with Crippen molar-refractivity contribution < 1.29 is 22.4 Å². The minimum atomic E-state index is -4.00. The number of carbonyl (C=O) groups is 2. The molecule has 0 aromatic heterocycles. The number of sulfonamides is 1. The van der Waals surface area contributed by atoms with E-state index in [-0.39, 0.29) is 29.7 Å². The van der Waals surface area contributed by atoms with Gasteiger partial charge in [-0.3, -0.25) is 13.9 Å². The molecule has 7 nitrogen and oxygen atoms in total. The van der Waals surface area contributed by atoms with Gasteiger partial charge in [0.15, 0.2) is 0 Å². The second-order valence-corrected chi connectivity index (χ2v) is 12.3. The third-order valence-corrected chi connectivity index (χ3v) is 8.13. The van der Waals surface area contributed by atoms with Crippen LogP contribution in [0.5, 0.6) is 0 Å². The molecule has 3 aromatic carbocycles. The molecule has 3 rings (SSSR count). The normalized spacial score (nSPS) is 12.8. The Bertz CT molecular complexity index is 1440. The predicted octanol–water partition coefficient (Wildman–Crippen LogP) is 5.45. The third kappa shape index (κ3) is 8.68. The Labute approximate surface area is 244 Å². The Morgan fingerprint density at radius 1 is 1.00 bits per heavy atom. The van der Waals surface area contributed by atoms with Gasteiger partial charge in [0.25, 0.3) is 0 Å². The molecular formula is C29H32Cl2FN3O4S. The van der Waals surface area contributed by atoms with Crippen molar-refractivity contribution in [1.29, 1.82) is 0 Å². The maximum absolute atomic E-state index is 14.0. The number of rotatable bonds is 12. The van der Waals surface area contributed by atoms with Gasteiger partial charge in [0.05, 0.1) is 11.9 Å². The maximum atomic E-state index is 14.0. The van der Waals surface area contributed by atoms with Gasteiger partial charge in [-0.15, -0.1) is 0 Å². The summed E-state index contributed by atoms with van der Waals surface area (Å²) in [5, 5.41) is 3.64. The first kappa shape index (κ1) is 31.4. The van der Waals surface area contributed by atoms with Crippen LogP contribution in [0.15, 0.2) is 72.8 Å². The molecule has 0 fully saturated rings. The number of nitrogens with zero attached hydrogens (tertiary/aromatic N) is 2. The number of hydrogen-bond donors (Lipinski definition) is 1. The molecule has 0 aliphatic heterocycles. The average molecular weight is 609 g/mol. The summed E-state index contributed by atoms with van der Waals surface area (Å²) in [4.78, 5) is 29.0. The maximum Gasteiger partial charge on any atom is 0.244 e. The highest BCUT2D eigenvalue weighted by Crippen LogP contribution is 2.25. The minimum Gasteiger partial charge on any atom is -0.352 e. The molecule has 214 valence electrons. The van der Waals surface area contributed by atoms with Crippen molar-refractivity contribution in [3.63, 3.8) is 0 Å².